The standard InChI is InChI=1S/C17H26N2O2/c1-17(2,3)11-16(20)18-13-5-7-14(8-6-13)19-10-9-15(12-19)21-4/h5-8,15H,9-12H2,1-4H3,(H,18,20). The molecule has 1 atom stereocenters. The van der Waals surface area contributed by atoms with Crippen molar-refractivity contribution < 1.29 is 9.53 Å². The third-order valence-corrected chi connectivity index (χ3v) is 3.69. The summed E-state index contributed by atoms with van der Waals surface area (Å²) in [6.07, 6.45) is 1.92. The van der Waals surface area contributed by atoms with E-state index in [4.69, 9.17) is 4.74 Å². The summed E-state index contributed by atoms with van der Waals surface area (Å²) in [6, 6.07) is 8.06. The highest BCUT2D eigenvalue weighted by molar-refractivity contribution is 5.91. The summed E-state index contributed by atoms with van der Waals surface area (Å²) in [5.41, 5.74) is 2.05. The molecular formula is C17H26N2O2. The van der Waals surface area contributed by atoms with Gasteiger partial charge in [-0.3, -0.25) is 4.79 Å². The number of ether oxygens (including phenoxy) is 1. The highest BCUT2D eigenvalue weighted by Crippen LogP contribution is 2.24. The molecular weight excluding hydrogens is 264 g/mol. The predicted octanol–water partition coefficient (Wildman–Crippen LogP) is 3.29. The number of benzene rings is 1. The van der Waals surface area contributed by atoms with Crippen LogP contribution in [-0.4, -0.2) is 32.2 Å². The minimum Gasteiger partial charge on any atom is -0.380 e. The molecule has 1 aromatic carbocycles. The van der Waals surface area contributed by atoms with E-state index in [9.17, 15) is 4.79 Å². The lowest BCUT2D eigenvalue weighted by Gasteiger charge is -2.19. The van der Waals surface area contributed by atoms with Crippen molar-refractivity contribution >= 4 is 17.3 Å². The molecule has 116 valence electrons. The fraction of sp³-hybridized carbons (Fsp3) is 0.588. The van der Waals surface area contributed by atoms with Crippen molar-refractivity contribution in [1.29, 1.82) is 0 Å². The van der Waals surface area contributed by atoms with Crippen LogP contribution >= 0.6 is 0 Å². The molecule has 1 aliphatic heterocycles. The van der Waals surface area contributed by atoms with Gasteiger partial charge in [-0.2, -0.15) is 0 Å². The molecule has 0 aromatic heterocycles. The van der Waals surface area contributed by atoms with Gasteiger partial charge in [0, 0.05) is 38.0 Å². The van der Waals surface area contributed by atoms with E-state index < -0.39 is 0 Å². The lowest BCUT2D eigenvalue weighted by molar-refractivity contribution is -0.117. The topological polar surface area (TPSA) is 41.6 Å². The van der Waals surface area contributed by atoms with Gasteiger partial charge in [-0.25, -0.2) is 0 Å². The summed E-state index contributed by atoms with van der Waals surface area (Å²) in [7, 11) is 1.77. The van der Waals surface area contributed by atoms with Crippen LogP contribution in [0.1, 0.15) is 33.6 Å². The minimum atomic E-state index is 0.00867. The third kappa shape index (κ3) is 4.74. The lowest BCUT2D eigenvalue weighted by atomic mass is 9.92. The molecule has 1 unspecified atom stereocenters. The summed E-state index contributed by atoms with van der Waals surface area (Å²) in [5.74, 6) is 0.0656. The van der Waals surface area contributed by atoms with Gasteiger partial charge in [0.15, 0.2) is 0 Å². The molecule has 2 rings (SSSR count). The number of anilines is 2. The Morgan fingerprint density at radius 2 is 2.00 bits per heavy atom. The Bertz CT molecular complexity index is 477. The number of amides is 1. The van der Waals surface area contributed by atoms with Crippen LogP contribution in [0, 0.1) is 5.41 Å². The maximum absolute atomic E-state index is 11.9. The average Bonchev–Trinajstić information content (AvgIpc) is 2.86. The van der Waals surface area contributed by atoms with E-state index in [0.29, 0.717) is 12.5 Å². The van der Waals surface area contributed by atoms with E-state index in [2.05, 4.69) is 43.1 Å². The second kappa shape index (κ2) is 6.48. The van der Waals surface area contributed by atoms with E-state index in [0.717, 1.165) is 25.2 Å². The molecule has 1 amide bonds. The van der Waals surface area contributed by atoms with Crippen molar-refractivity contribution in [3.05, 3.63) is 24.3 Å². The smallest absolute Gasteiger partial charge is 0.224 e. The molecule has 4 nitrogen and oxygen atoms in total. The van der Waals surface area contributed by atoms with Crippen LogP contribution in [0.15, 0.2) is 24.3 Å². The highest BCUT2D eigenvalue weighted by Gasteiger charge is 2.22. The lowest BCUT2D eigenvalue weighted by Crippen LogP contribution is -2.22. The Labute approximate surface area is 127 Å². The number of nitrogens with zero attached hydrogens (tertiary/aromatic N) is 1. The van der Waals surface area contributed by atoms with Gasteiger partial charge < -0.3 is 15.0 Å². The Kier molecular flexibility index (Phi) is 4.88. The van der Waals surface area contributed by atoms with Crippen LogP contribution in [0.3, 0.4) is 0 Å². The zero-order chi connectivity index (χ0) is 15.5. The van der Waals surface area contributed by atoms with Crippen LogP contribution in [0.2, 0.25) is 0 Å². The molecule has 1 aromatic rings. The fourth-order valence-corrected chi connectivity index (χ4v) is 2.60. The first-order valence-electron chi connectivity index (χ1n) is 7.55. The molecule has 0 radical (unpaired) electrons. The SMILES string of the molecule is COC1CCN(c2ccc(NC(=O)CC(C)(C)C)cc2)C1. The van der Waals surface area contributed by atoms with Crippen LogP contribution in [-0.2, 0) is 9.53 Å². The normalized spacial score (nSPS) is 18.9. The van der Waals surface area contributed by atoms with Gasteiger partial charge in [-0.1, -0.05) is 20.8 Å². The van der Waals surface area contributed by atoms with Gasteiger partial charge in [-0.05, 0) is 36.1 Å². The van der Waals surface area contributed by atoms with Gasteiger partial charge >= 0.3 is 0 Å². The molecule has 1 saturated heterocycles. The first-order chi connectivity index (χ1) is 9.87. The van der Waals surface area contributed by atoms with Crippen LogP contribution in [0.4, 0.5) is 11.4 Å². The molecule has 0 saturated carbocycles. The molecule has 0 spiro atoms. The maximum Gasteiger partial charge on any atom is 0.224 e. The second-order valence-electron chi connectivity index (χ2n) is 6.92. The van der Waals surface area contributed by atoms with Gasteiger partial charge in [0.1, 0.15) is 0 Å². The van der Waals surface area contributed by atoms with Crippen LogP contribution in [0.5, 0.6) is 0 Å². The Morgan fingerprint density at radius 1 is 1.33 bits per heavy atom. The number of nitrogens with one attached hydrogen (secondary N) is 1. The number of methoxy groups -OCH3 is 1. The van der Waals surface area contributed by atoms with E-state index in [-0.39, 0.29) is 11.3 Å². The van der Waals surface area contributed by atoms with E-state index in [1.807, 2.05) is 12.1 Å². The molecule has 1 heterocycles. The molecule has 1 N–H and O–H groups in total. The van der Waals surface area contributed by atoms with Gasteiger partial charge in [-0.15, -0.1) is 0 Å². The Hall–Kier alpha value is -1.55. The van der Waals surface area contributed by atoms with Crippen molar-refractivity contribution in [3.63, 3.8) is 0 Å². The largest absolute Gasteiger partial charge is 0.380 e. The monoisotopic (exact) mass is 290 g/mol. The quantitative estimate of drug-likeness (QED) is 0.925. The van der Waals surface area contributed by atoms with Crippen molar-refractivity contribution in [2.24, 2.45) is 5.41 Å². The summed E-state index contributed by atoms with van der Waals surface area (Å²) in [5, 5.41) is 2.95. The van der Waals surface area contributed by atoms with Crippen molar-refractivity contribution in [2.75, 3.05) is 30.4 Å². The van der Waals surface area contributed by atoms with E-state index >= 15 is 0 Å². The number of carbonyl (C=O) groups is 1. The Balaban J connectivity index is 1.92. The van der Waals surface area contributed by atoms with Crippen molar-refractivity contribution in [2.45, 2.75) is 39.7 Å². The maximum atomic E-state index is 11.9. The summed E-state index contributed by atoms with van der Waals surface area (Å²) in [4.78, 5) is 14.2. The summed E-state index contributed by atoms with van der Waals surface area (Å²) >= 11 is 0. The Morgan fingerprint density at radius 3 is 2.52 bits per heavy atom. The fourth-order valence-electron chi connectivity index (χ4n) is 2.60. The van der Waals surface area contributed by atoms with Crippen molar-refractivity contribution in [3.8, 4) is 0 Å². The van der Waals surface area contributed by atoms with Crippen LogP contribution in [0.25, 0.3) is 0 Å². The molecule has 21 heavy (non-hydrogen) atoms. The molecule has 0 bridgehead atoms. The first kappa shape index (κ1) is 15.8. The first-order valence-corrected chi connectivity index (χ1v) is 7.55. The second-order valence-corrected chi connectivity index (χ2v) is 6.92. The third-order valence-electron chi connectivity index (χ3n) is 3.69. The van der Waals surface area contributed by atoms with Gasteiger partial charge in [0.2, 0.25) is 5.91 Å². The van der Waals surface area contributed by atoms with Gasteiger partial charge in [0.25, 0.3) is 0 Å². The zero-order valence-corrected chi connectivity index (χ0v) is 13.5. The van der Waals surface area contributed by atoms with Crippen LogP contribution < -0.4 is 10.2 Å². The minimum absolute atomic E-state index is 0.00867. The van der Waals surface area contributed by atoms with Gasteiger partial charge in [0.05, 0.1) is 6.10 Å². The van der Waals surface area contributed by atoms with E-state index in [1.165, 1.54) is 5.69 Å². The average molecular weight is 290 g/mol. The summed E-state index contributed by atoms with van der Waals surface area (Å²) in [6.45, 7) is 8.15. The number of hydrogen-bond acceptors (Lipinski definition) is 3. The summed E-state index contributed by atoms with van der Waals surface area (Å²) < 4.78 is 5.39. The molecule has 4 heteroatoms. The zero-order valence-electron chi connectivity index (χ0n) is 13.5. The van der Waals surface area contributed by atoms with E-state index in [1.54, 1.807) is 7.11 Å². The highest BCUT2D eigenvalue weighted by atomic mass is 16.5. The molecule has 1 fully saturated rings. The molecule has 1 aliphatic rings. The number of carbonyl (C=O) groups excluding carboxylic acids is 1. The predicted molar refractivity (Wildman–Crippen MR) is 86.8 cm³/mol. The molecule has 0 aliphatic carbocycles. The number of rotatable bonds is 4. The van der Waals surface area contributed by atoms with Crippen molar-refractivity contribution in [1.82, 2.24) is 0 Å². The number of hydrogen-bond donors (Lipinski definition) is 1.